The molecule has 0 spiro atoms. The maximum Gasteiger partial charge on any atom is 0.416 e. The van der Waals surface area contributed by atoms with Crippen molar-refractivity contribution >= 4 is 18.3 Å². The Morgan fingerprint density at radius 2 is 2.16 bits per heavy atom. The van der Waals surface area contributed by atoms with E-state index in [2.05, 4.69) is 5.32 Å². The fraction of sp³-hybridized carbons (Fsp3) is 0.588. The fourth-order valence-corrected chi connectivity index (χ4v) is 2.90. The minimum Gasteiger partial charge on any atom is -0.378 e. The Kier molecular flexibility index (Phi) is 8.18. The zero-order chi connectivity index (χ0) is 17.7. The molecule has 4 nitrogen and oxygen atoms in total. The smallest absolute Gasteiger partial charge is 0.378 e. The summed E-state index contributed by atoms with van der Waals surface area (Å²) in [6.07, 6.45) is -4.11. The van der Waals surface area contributed by atoms with Crippen molar-refractivity contribution < 1.29 is 22.7 Å². The lowest BCUT2D eigenvalue weighted by molar-refractivity contribution is -0.137. The molecule has 25 heavy (non-hydrogen) atoms. The van der Waals surface area contributed by atoms with Crippen molar-refractivity contribution in [2.24, 2.45) is 0 Å². The van der Waals surface area contributed by atoms with Gasteiger partial charge in [-0.15, -0.1) is 12.4 Å². The van der Waals surface area contributed by atoms with Crippen LogP contribution in [0.15, 0.2) is 24.3 Å². The van der Waals surface area contributed by atoms with E-state index in [1.54, 1.807) is 17.9 Å². The number of morpholine rings is 1. The van der Waals surface area contributed by atoms with E-state index in [1.165, 1.54) is 6.07 Å². The molecule has 0 radical (unpaired) electrons. The molecule has 1 aromatic carbocycles. The van der Waals surface area contributed by atoms with E-state index < -0.39 is 17.8 Å². The minimum absolute atomic E-state index is 0. The van der Waals surface area contributed by atoms with E-state index in [-0.39, 0.29) is 30.8 Å². The molecule has 142 valence electrons. The van der Waals surface area contributed by atoms with Gasteiger partial charge in [-0.25, -0.2) is 0 Å². The number of halogens is 4. The lowest BCUT2D eigenvalue weighted by atomic mass is 10.0. The van der Waals surface area contributed by atoms with Crippen molar-refractivity contribution in [3.05, 3.63) is 35.4 Å². The summed E-state index contributed by atoms with van der Waals surface area (Å²) < 4.78 is 44.0. The first-order valence-corrected chi connectivity index (χ1v) is 8.10. The monoisotopic (exact) mass is 380 g/mol. The topological polar surface area (TPSA) is 41.6 Å². The fourth-order valence-electron chi connectivity index (χ4n) is 2.90. The van der Waals surface area contributed by atoms with Gasteiger partial charge in [0, 0.05) is 25.6 Å². The zero-order valence-corrected chi connectivity index (χ0v) is 15.1. The molecule has 1 amide bonds. The Balaban J connectivity index is 0.00000312. The van der Waals surface area contributed by atoms with Gasteiger partial charge in [-0.05, 0) is 31.5 Å². The molecule has 1 N–H and O–H groups in total. The number of ether oxygens (including phenoxy) is 1. The first kappa shape index (κ1) is 21.7. The predicted molar refractivity (Wildman–Crippen MR) is 91.7 cm³/mol. The van der Waals surface area contributed by atoms with Gasteiger partial charge in [-0.3, -0.25) is 4.79 Å². The molecule has 0 saturated carbocycles. The number of amides is 1. The third-order valence-corrected chi connectivity index (χ3v) is 4.24. The molecule has 0 bridgehead atoms. The third-order valence-electron chi connectivity index (χ3n) is 4.24. The summed E-state index contributed by atoms with van der Waals surface area (Å²) in [4.78, 5) is 14.2. The number of rotatable bonds is 5. The molecule has 0 aliphatic carbocycles. The Bertz CT molecular complexity index is 563. The summed E-state index contributed by atoms with van der Waals surface area (Å²) in [5.41, 5.74) is -0.217. The van der Waals surface area contributed by atoms with E-state index in [0.717, 1.165) is 12.1 Å². The maximum atomic E-state index is 12.9. The first-order chi connectivity index (χ1) is 11.3. The Hall–Kier alpha value is -1.31. The molecule has 2 unspecified atom stereocenters. The first-order valence-electron chi connectivity index (χ1n) is 8.10. The van der Waals surface area contributed by atoms with Crippen LogP contribution >= 0.6 is 12.4 Å². The second-order valence-corrected chi connectivity index (χ2v) is 5.91. The van der Waals surface area contributed by atoms with Crippen LogP contribution in [0.25, 0.3) is 0 Å². The largest absolute Gasteiger partial charge is 0.416 e. The number of benzene rings is 1. The van der Waals surface area contributed by atoms with Crippen molar-refractivity contribution in [3.8, 4) is 0 Å². The molecule has 0 aromatic heterocycles. The summed E-state index contributed by atoms with van der Waals surface area (Å²) in [6.45, 7) is 5.82. The van der Waals surface area contributed by atoms with Gasteiger partial charge in [0.15, 0.2) is 0 Å². The zero-order valence-electron chi connectivity index (χ0n) is 14.3. The molecule has 1 aliphatic heterocycles. The van der Waals surface area contributed by atoms with E-state index >= 15 is 0 Å². The van der Waals surface area contributed by atoms with Crippen LogP contribution in [0.5, 0.6) is 0 Å². The molecule has 1 saturated heterocycles. The van der Waals surface area contributed by atoms with Crippen molar-refractivity contribution in [2.45, 2.75) is 38.5 Å². The van der Waals surface area contributed by atoms with Crippen molar-refractivity contribution in [2.75, 3.05) is 26.3 Å². The van der Waals surface area contributed by atoms with Crippen LogP contribution < -0.4 is 5.32 Å². The van der Waals surface area contributed by atoms with E-state index in [1.807, 2.05) is 6.92 Å². The number of hydrogen-bond acceptors (Lipinski definition) is 3. The molecular formula is C17H24ClF3N2O2. The van der Waals surface area contributed by atoms with Gasteiger partial charge in [0.2, 0.25) is 5.91 Å². The molecule has 2 rings (SSSR count). The Morgan fingerprint density at radius 3 is 2.72 bits per heavy atom. The summed E-state index contributed by atoms with van der Waals surface area (Å²) in [7, 11) is 0. The molecule has 8 heteroatoms. The van der Waals surface area contributed by atoms with Crippen molar-refractivity contribution in [1.29, 1.82) is 0 Å². The molecular weight excluding hydrogens is 357 g/mol. The maximum absolute atomic E-state index is 12.9. The number of nitrogens with zero attached hydrogens (tertiary/aromatic N) is 1. The number of hydrogen-bond donors (Lipinski definition) is 1. The number of nitrogens with one attached hydrogen (secondary N) is 1. The second kappa shape index (κ2) is 9.40. The second-order valence-electron chi connectivity index (χ2n) is 5.91. The standard InChI is InChI=1S/C17H23F3N2O2.ClH/c1-3-22(16(23)10-15-11-24-8-7-21-15)12(2)13-5-4-6-14(9-13)17(18,19)20;/h4-6,9,12,15,21H,3,7-8,10-11H2,1-2H3;1H. The van der Waals surface area contributed by atoms with Crippen LogP contribution in [0.3, 0.4) is 0 Å². The molecule has 2 atom stereocenters. The van der Waals surface area contributed by atoms with Crippen LogP contribution in [0.1, 0.15) is 37.4 Å². The van der Waals surface area contributed by atoms with Crippen LogP contribution in [-0.2, 0) is 15.7 Å². The van der Waals surface area contributed by atoms with Gasteiger partial charge in [0.25, 0.3) is 0 Å². The van der Waals surface area contributed by atoms with E-state index in [9.17, 15) is 18.0 Å². The highest BCUT2D eigenvalue weighted by atomic mass is 35.5. The minimum atomic E-state index is -4.39. The summed E-state index contributed by atoms with van der Waals surface area (Å²) in [6, 6.07) is 4.69. The number of carbonyl (C=O) groups is 1. The molecule has 1 aliphatic rings. The summed E-state index contributed by atoms with van der Waals surface area (Å²) >= 11 is 0. The lowest BCUT2D eigenvalue weighted by Crippen LogP contribution is -2.45. The SMILES string of the molecule is CCN(C(=O)CC1COCCN1)C(C)c1cccc(C(F)(F)F)c1.Cl. The summed E-state index contributed by atoms with van der Waals surface area (Å²) in [5, 5.41) is 3.22. The molecule has 1 fully saturated rings. The molecule has 1 aromatic rings. The normalized spacial score (nSPS) is 19.0. The Morgan fingerprint density at radius 1 is 1.44 bits per heavy atom. The highest BCUT2D eigenvalue weighted by molar-refractivity contribution is 5.85. The molecule has 1 heterocycles. The predicted octanol–water partition coefficient (Wildman–Crippen LogP) is 3.42. The van der Waals surface area contributed by atoms with Crippen LogP contribution in [-0.4, -0.2) is 43.2 Å². The average Bonchev–Trinajstić information content (AvgIpc) is 2.55. The summed E-state index contributed by atoms with van der Waals surface area (Å²) in [5.74, 6) is -0.0922. The number of carbonyl (C=O) groups excluding carboxylic acids is 1. The number of alkyl halides is 3. The van der Waals surface area contributed by atoms with Crippen molar-refractivity contribution in [1.82, 2.24) is 10.2 Å². The van der Waals surface area contributed by atoms with Crippen LogP contribution in [0.2, 0.25) is 0 Å². The van der Waals surface area contributed by atoms with E-state index in [4.69, 9.17) is 4.74 Å². The van der Waals surface area contributed by atoms with Gasteiger partial charge in [-0.1, -0.05) is 12.1 Å². The lowest BCUT2D eigenvalue weighted by Gasteiger charge is -2.31. The quantitative estimate of drug-likeness (QED) is 0.851. The van der Waals surface area contributed by atoms with Gasteiger partial charge in [0.05, 0.1) is 24.8 Å². The van der Waals surface area contributed by atoms with Crippen molar-refractivity contribution in [3.63, 3.8) is 0 Å². The Labute approximate surface area is 152 Å². The third kappa shape index (κ3) is 5.87. The van der Waals surface area contributed by atoms with Gasteiger partial charge in [-0.2, -0.15) is 13.2 Å². The van der Waals surface area contributed by atoms with E-state index in [0.29, 0.717) is 31.9 Å². The highest BCUT2D eigenvalue weighted by Crippen LogP contribution is 2.32. The highest BCUT2D eigenvalue weighted by Gasteiger charge is 2.31. The van der Waals surface area contributed by atoms with Crippen LogP contribution in [0, 0.1) is 0 Å². The average molecular weight is 381 g/mol. The van der Waals surface area contributed by atoms with Gasteiger partial charge >= 0.3 is 6.18 Å². The van der Waals surface area contributed by atoms with Gasteiger partial charge in [0.1, 0.15) is 0 Å². The van der Waals surface area contributed by atoms with Gasteiger partial charge < -0.3 is 15.0 Å². The van der Waals surface area contributed by atoms with Crippen LogP contribution in [0.4, 0.5) is 13.2 Å².